The summed E-state index contributed by atoms with van der Waals surface area (Å²) in [7, 11) is 1.36. The smallest absolute Gasteiger partial charge is 0.337 e. The van der Waals surface area contributed by atoms with Gasteiger partial charge in [-0.15, -0.1) is 0 Å². The first-order valence-electron chi connectivity index (χ1n) is 7.98. The number of benzene rings is 2. The molecule has 0 radical (unpaired) electrons. The van der Waals surface area contributed by atoms with Crippen molar-refractivity contribution in [1.29, 1.82) is 0 Å². The summed E-state index contributed by atoms with van der Waals surface area (Å²) in [5.41, 5.74) is 2.86. The van der Waals surface area contributed by atoms with Crippen molar-refractivity contribution in [3.63, 3.8) is 0 Å². The Balaban J connectivity index is 1.82. The van der Waals surface area contributed by atoms with Crippen LogP contribution in [0.4, 0.5) is 0 Å². The molecule has 2 aromatic rings. The Hall–Kier alpha value is -2.66. The van der Waals surface area contributed by atoms with Crippen molar-refractivity contribution in [2.45, 2.75) is 12.5 Å². The van der Waals surface area contributed by atoms with Gasteiger partial charge in [-0.1, -0.05) is 24.3 Å². The summed E-state index contributed by atoms with van der Waals surface area (Å²) in [5.74, 6) is -0.450. The first-order valence-corrected chi connectivity index (χ1v) is 7.98. The standard InChI is InChI=1S/C19H20N2O3/c1-24-19(23)16-7-3-5-14(11-16)13-4-2-6-15(10-13)18(22)21-17-8-9-20-12-17/h2-7,10-11,17,20H,8-9,12H2,1H3,(H,21,22)/t17-/m1/s1. The average molecular weight is 324 g/mol. The third kappa shape index (κ3) is 3.63. The van der Waals surface area contributed by atoms with E-state index in [1.165, 1.54) is 7.11 Å². The predicted molar refractivity (Wildman–Crippen MR) is 92.0 cm³/mol. The lowest BCUT2D eigenvalue weighted by atomic mass is 10.0. The van der Waals surface area contributed by atoms with E-state index in [9.17, 15) is 9.59 Å². The predicted octanol–water partition coefficient (Wildman–Crippen LogP) is 2.23. The van der Waals surface area contributed by atoms with Gasteiger partial charge in [0.25, 0.3) is 5.91 Å². The summed E-state index contributed by atoms with van der Waals surface area (Å²) in [6.45, 7) is 1.75. The van der Waals surface area contributed by atoms with E-state index in [0.717, 1.165) is 30.6 Å². The molecule has 0 spiro atoms. The minimum atomic E-state index is -0.375. The topological polar surface area (TPSA) is 67.4 Å². The molecule has 2 aromatic carbocycles. The molecule has 2 N–H and O–H groups in total. The molecule has 0 aliphatic carbocycles. The molecule has 5 heteroatoms. The Labute approximate surface area is 141 Å². The number of rotatable bonds is 4. The molecule has 0 bridgehead atoms. The van der Waals surface area contributed by atoms with Gasteiger partial charge in [0, 0.05) is 18.2 Å². The number of methoxy groups -OCH3 is 1. The minimum Gasteiger partial charge on any atom is -0.465 e. The molecule has 1 aliphatic heterocycles. The van der Waals surface area contributed by atoms with Gasteiger partial charge in [-0.05, 0) is 48.4 Å². The van der Waals surface area contributed by atoms with Crippen molar-refractivity contribution >= 4 is 11.9 Å². The summed E-state index contributed by atoms with van der Waals surface area (Å²) < 4.78 is 4.75. The van der Waals surface area contributed by atoms with Gasteiger partial charge in [0.2, 0.25) is 0 Å². The highest BCUT2D eigenvalue weighted by atomic mass is 16.5. The van der Waals surface area contributed by atoms with E-state index >= 15 is 0 Å². The fraction of sp³-hybridized carbons (Fsp3) is 0.263. The lowest BCUT2D eigenvalue weighted by Crippen LogP contribution is -2.36. The van der Waals surface area contributed by atoms with Gasteiger partial charge in [0.05, 0.1) is 12.7 Å². The monoisotopic (exact) mass is 324 g/mol. The number of amides is 1. The van der Waals surface area contributed by atoms with E-state index in [4.69, 9.17) is 4.74 Å². The molecule has 1 amide bonds. The van der Waals surface area contributed by atoms with Crippen molar-refractivity contribution in [2.24, 2.45) is 0 Å². The second kappa shape index (κ2) is 7.27. The number of hydrogen-bond donors (Lipinski definition) is 2. The molecule has 5 nitrogen and oxygen atoms in total. The Morgan fingerprint density at radius 3 is 2.38 bits per heavy atom. The second-order valence-corrected chi connectivity index (χ2v) is 5.82. The van der Waals surface area contributed by atoms with E-state index in [2.05, 4.69) is 10.6 Å². The molecule has 0 unspecified atom stereocenters. The largest absolute Gasteiger partial charge is 0.465 e. The highest BCUT2D eigenvalue weighted by molar-refractivity contribution is 5.96. The number of carbonyl (C=O) groups is 2. The van der Waals surface area contributed by atoms with Crippen LogP contribution in [0.1, 0.15) is 27.1 Å². The van der Waals surface area contributed by atoms with E-state index in [1.807, 2.05) is 24.3 Å². The molecular formula is C19H20N2O3. The quantitative estimate of drug-likeness (QED) is 0.847. The van der Waals surface area contributed by atoms with Gasteiger partial charge in [0.15, 0.2) is 0 Å². The first kappa shape index (κ1) is 16.2. The summed E-state index contributed by atoms with van der Waals surface area (Å²) in [5, 5.41) is 6.27. The number of hydrogen-bond acceptors (Lipinski definition) is 4. The number of ether oxygens (including phenoxy) is 1. The highest BCUT2D eigenvalue weighted by Gasteiger charge is 2.17. The maximum absolute atomic E-state index is 12.4. The van der Waals surface area contributed by atoms with E-state index in [-0.39, 0.29) is 17.9 Å². The highest BCUT2D eigenvalue weighted by Crippen LogP contribution is 2.22. The zero-order valence-corrected chi connectivity index (χ0v) is 13.5. The van der Waals surface area contributed by atoms with E-state index < -0.39 is 0 Å². The summed E-state index contributed by atoms with van der Waals surface area (Å²) >= 11 is 0. The van der Waals surface area contributed by atoms with Crippen molar-refractivity contribution in [2.75, 3.05) is 20.2 Å². The average Bonchev–Trinajstić information content (AvgIpc) is 3.14. The molecule has 1 aliphatic rings. The molecule has 1 fully saturated rings. The number of nitrogens with one attached hydrogen (secondary N) is 2. The zero-order chi connectivity index (χ0) is 16.9. The van der Waals surface area contributed by atoms with E-state index in [1.54, 1.807) is 24.3 Å². The first-order chi connectivity index (χ1) is 11.7. The van der Waals surface area contributed by atoms with Crippen LogP contribution in [-0.4, -0.2) is 38.1 Å². The third-order valence-electron chi connectivity index (χ3n) is 4.14. The van der Waals surface area contributed by atoms with Gasteiger partial charge in [0.1, 0.15) is 0 Å². The molecule has 0 saturated carbocycles. The van der Waals surface area contributed by atoms with Crippen LogP contribution in [0.2, 0.25) is 0 Å². The Kier molecular flexibility index (Phi) is 4.91. The SMILES string of the molecule is COC(=O)c1cccc(-c2cccc(C(=O)N[C@@H]3CCNC3)c2)c1. The van der Waals surface area contributed by atoms with Gasteiger partial charge in [-0.3, -0.25) is 4.79 Å². The van der Waals surface area contributed by atoms with Gasteiger partial charge >= 0.3 is 5.97 Å². The molecule has 1 heterocycles. The Morgan fingerprint density at radius 2 is 1.75 bits per heavy atom. The Bertz CT molecular complexity index is 752. The fourth-order valence-corrected chi connectivity index (χ4v) is 2.83. The maximum atomic E-state index is 12.4. The lowest BCUT2D eigenvalue weighted by molar-refractivity contribution is 0.0600. The van der Waals surface area contributed by atoms with Crippen molar-refractivity contribution in [1.82, 2.24) is 10.6 Å². The van der Waals surface area contributed by atoms with Gasteiger partial charge < -0.3 is 15.4 Å². The third-order valence-corrected chi connectivity index (χ3v) is 4.14. The van der Waals surface area contributed by atoms with Crippen LogP contribution in [0.5, 0.6) is 0 Å². The minimum absolute atomic E-state index is 0.0744. The summed E-state index contributed by atoms with van der Waals surface area (Å²) in [6.07, 6.45) is 0.951. The maximum Gasteiger partial charge on any atom is 0.337 e. The Morgan fingerprint density at radius 1 is 1.08 bits per heavy atom. The normalized spacial score (nSPS) is 16.6. The second-order valence-electron chi connectivity index (χ2n) is 5.82. The molecular weight excluding hydrogens is 304 g/mol. The lowest BCUT2D eigenvalue weighted by Gasteiger charge is -2.12. The van der Waals surface area contributed by atoms with Crippen LogP contribution in [0.25, 0.3) is 11.1 Å². The molecule has 1 saturated heterocycles. The summed E-state index contributed by atoms with van der Waals surface area (Å²) in [6, 6.07) is 14.8. The number of carbonyl (C=O) groups excluding carboxylic acids is 2. The molecule has 1 atom stereocenters. The summed E-state index contributed by atoms with van der Waals surface area (Å²) in [4.78, 5) is 24.1. The molecule has 0 aromatic heterocycles. The van der Waals surface area contributed by atoms with Crippen molar-refractivity contribution in [3.05, 3.63) is 59.7 Å². The van der Waals surface area contributed by atoms with Crippen LogP contribution < -0.4 is 10.6 Å². The van der Waals surface area contributed by atoms with Gasteiger partial charge in [-0.2, -0.15) is 0 Å². The zero-order valence-electron chi connectivity index (χ0n) is 13.5. The van der Waals surface area contributed by atoms with Crippen molar-refractivity contribution in [3.8, 4) is 11.1 Å². The van der Waals surface area contributed by atoms with Crippen molar-refractivity contribution < 1.29 is 14.3 Å². The molecule has 124 valence electrons. The van der Waals surface area contributed by atoms with Crippen LogP contribution in [0.15, 0.2) is 48.5 Å². The molecule has 24 heavy (non-hydrogen) atoms. The van der Waals surface area contributed by atoms with E-state index in [0.29, 0.717) is 11.1 Å². The van der Waals surface area contributed by atoms with Crippen LogP contribution in [0.3, 0.4) is 0 Å². The molecule has 3 rings (SSSR count). The van der Waals surface area contributed by atoms with Gasteiger partial charge in [-0.25, -0.2) is 4.79 Å². The fourth-order valence-electron chi connectivity index (χ4n) is 2.83. The van der Waals surface area contributed by atoms with Crippen LogP contribution in [0, 0.1) is 0 Å². The number of esters is 1. The van der Waals surface area contributed by atoms with Crippen LogP contribution >= 0.6 is 0 Å². The van der Waals surface area contributed by atoms with Crippen LogP contribution in [-0.2, 0) is 4.74 Å².